The number of amides is 1. The van der Waals surface area contributed by atoms with E-state index in [2.05, 4.69) is 15.5 Å². The highest BCUT2D eigenvalue weighted by molar-refractivity contribution is 6.03. The maximum Gasteiger partial charge on any atom is 0.354 e. The lowest BCUT2D eigenvalue weighted by Gasteiger charge is -2.13. The molecule has 21 heavy (non-hydrogen) atoms. The van der Waals surface area contributed by atoms with Crippen LogP contribution < -0.4 is 5.32 Å². The van der Waals surface area contributed by atoms with Crippen molar-refractivity contribution < 1.29 is 14.7 Å². The lowest BCUT2D eigenvalue weighted by atomic mass is 10.1. The van der Waals surface area contributed by atoms with Crippen molar-refractivity contribution in [3.05, 3.63) is 34.9 Å². The summed E-state index contributed by atoms with van der Waals surface area (Å²) in [5, 5.41) is 19.8. The third-order valence-electron chi connectivity index (χ3n) is 3.47. The van der Waals surface area contributed by atoms with Crippen LogP contribution in [0.2, 0.25) is 0 Å². The van der Waals surface area contributed by atoms with Crippen molar-refractivity contribution in [2.75, 3.05) is 0 Å². The van der Waals surface area contributed by atoms with E-state index in [-0.39, 0.29) is 17.3 Å². The fourth-order valence-electron chi connectivity index (χ4n) is 2.15. The molecule has 112 valence electrons. The van der Waals surface area contributed by atoms with Crippen LogP contribution in [-0.4, -0.2) is 36.5 Å². The smallest absolute Gasteiger partial charge is 0.354 e. The third kappa shape index (κ3) is 2.64. The molecule has 0 bridgehead atoms. The van der Waals surface area contributed by atoms with Crippen LogP contribution in [0, 0.1) is 6.92 Å². The van der Waals surface area contributed by atoms with Crippen LogP contribution in [0.4, 0.5) is 0 Å². The summed E-state index contributed by atoms with van der Waals surface area (Å²) in [7, 11) is 3.30. The summed E-state index contributed by atoms with van der Waals surface area (Å²) in [4.78, 5) is 23.4. The molecule has 0 aliphatic rings. The van der Waals surface area contributed by atoms with Crippen LogP contribution in [-0.2, 0) is 14.1 Å². The molecule has 2 aromatic rings. The first kappa shape index (κ1) is 14.8. The van der Waals surface area contributed by atoms with E-state index in [0.717, 1.165) is 15.9 Å². The van der Waals surface area contributed by atoms with E-state index < -0.39 is 11.9 Å². The van der Waals surface area contributed by atoms with Crippen LogP contribution in [0.25, 0.3) is 0 Å². The van der Waals surface area contributed by atoms with Crippen molar-refractivity contribution in [2.24, 2.45) is 14.1 Å². The number of aromatic carboxylic acids is 1. The van der Waals surface area contributed by atoms with Gasteiger partial charge in [0.15, 0.2) is 5.69 Å². The minimum absolute atomic E-state index is 0.0402. The Balaban J connectivity index is 2.22. The lowest BCUT2D eigenvalue weighted by molar-refractivity contribution is 0.0678. The van der Waals surface area contributed by atoms with Gasteiger partial charge in [0.2, 0.25) is 0 Å². The van der Waals surface area contributed by atoms with Gasteiger partial charge in [0.1, 0.15) is 0 Å². The number of nitrogens with zero attached hydrogens (tertiary/aromatic N) is 4. The second-order valence-electron chi connectivity index (χ2n) is 4.84. The van der Waals surface area contributed by atoms with Crippen molar-refractivity contribution in [3.63, 3.8) is 0 Å². The molecule has 0 fully saturated rings. The summed E-state index contributed by atoms with van der Waals surface area (Å²) in [6.45, 7) is 3.72. The maximum absolute atomic E-state index is 12.2. The Kier molecular flexibility index (Phi) is 3.79. The monoisotopic (exact) mass is 291 g/mol. The number of rotatable bonds is 4. The molecule has 0 spiro atoms. The normalized spacial score (nSPS) is 12.2. The first-order valence-electron chi connectivity index (χ1n) is 6.37. The zero-order chi connectivity index (χ0) is 15.7. The van der Waals surface area contributed by atoms with Gasteiger partial charge in [-0.15, -0.1) is 0 Å². The summed E-state index contributed by atoms with van der Waals surface area (Å²) in [6.07, 6.45) is 2.93. The van der Waals surface area contributed by atoms with Gasteiger partial charge in [-0.3, -0.25) is 14.2 Å². The van der Waals surface area contributed by atoms with Gasteiger partial charge in [-0.05, 0) is 13.8 Å². The molecule has 1 amide bonds. The minimum Gasteiger partial charge on any atom is -0.477 e. The van der Waals surface area contributed by atoms with Gasteiger partial charge in [-0.25, -0.2) is 4.79 Å². The second-order valence-corrected chi connectivity index (χ2v) is 4.84. The number of carboxylic acid groups (broad SMARTS) is 1. The quantitative estimate of drug-likeness (QED) is 0.861. The predicted molar refractivity (Wildman–Crippen MR) is 74.0 cm³/mol. The highest BCUT2D eigenvalue weighted by atomic mass is 16.4. The van der Waals surface area contributed by atoms with E-state index in [1.807, 2.05) is 20.9 Å². The number of aryl methyl sites for hydroxylation is 2. The average Bonchev–Trinajstić information content (AvgIpc) is 2.94. The maximum atomic E-state index is 12.2. The molecule has 1 unspecified atom stereocenters. The topological polar surface area (TPSA) is 102 Å². The molecule has 0 radical (unpaired) electrons. The molecule has 8 nitrogen and oxygen atoms in total. The Morgan fingerprint density at radius 3 is 2.38 bits per heavy atom. The van der Waals surface area contributed by atoms with Crippen LogP contribution in [0.3, 0.4) is 0 Å². The van der Waals surface area contributed by atoms with Gasteiger partial charge in [0.05, 0.1) is 24.0 Å². The number of hydrogen-bond acceptors (Lipinski definition) is 4. The molecule has 2 N–H and O–H groups in total. The molecule has 0 saturated heterocycles. The Hall–Kier alpha value is -2.64. The molecule has 8 heteroatoms. The van der Waals surface area contributed by atoms with Gasteiger partial charge in [0, 0.05) is 25.4 Å². The lowest BCUT2D eigenvalue weighted by Crippen LogP contribution is -2.28. The standard InChI is InChI=1S/C13H17N5O3/c1-7(9-5-14-17(3)8(9)2)16-12(19)10-6-15-18(4)11(10)13(20)21/h5-7H,1-4H3,(H,16,19)(H,20,21). The summed E-state index contributed by atoms with van der Waals surface area (Å²) >= 11 is 0. The van der Waals surface area contributed by atoms with Crippen molar-refractivity contribution in [3.8, 4) is 0 Å². The molecule has 2 heterocycles. The van der Waals surface area contributed by atoms with Crippen molar-refractivity contribution in [2.45, 2.75) is 19.9 Å². The predicted octanol–water partition coefficient (Wildman–Crippen LogP) is 0.651. The molecule has 0 aliphatic heterocycles. The Morgan fingerprint density at radius 1 is 1.24 bits per heavy atom. The highest BCUT2D eigenvalue weighted by Crippen LogP contribution is 2.17. The van der Waals surface area contributed by atoms with E-state index in [1.165, 1.54) is 13.2 Å². The number of carboxylic acids is 1. The van der Waals surface area contributed by atoms with Gasteiger partial charge < -0.3 is 10.4 Å². The van der Waals surface area contributed by atoms with E-state index in [9.17, 15) is 9.59 Å². The summed E-state index contributed by atoms with van der Waals surface area (Å²) in [6, 6.07) is -0.284. The number of nitrogens with one attached hydrogen (secondary N) is 1. The largest absolute Gasteiger partial charge is 0.477 e. The molecule has 0 aromatic carbocycles. The molecule has 0 aliphatic carbocycles. The van der Waals surface area contributed by atoms with Gasteiger partial charge in [-0.2, -0.15) is 10.2 Å². The Labute approximate surface area is 121 Å². The zero-order valence-corrected chi connectivity index (χ0v) is 12.3. The van der Waals surface area contributed by atoms with Crippen LogP contribution in [0.5, 0.6) is 0 Å². The first-order chi connectivity index (χ1) is 9.82. The molecule has 2 aromatic heterocycles. The molecule has 2 rings (SSSR count). The van der Waals surface area contributed by atoms with E-state index in [0.29, 0.717) is 0 Å². The van der Waals surface area contributed by atoms with Crippen LogP contribution >= 0.6 is 0 Å². The van der Waals surface area contributed by atoms with Crippen LogP contribution in [0.1, 0.15) is 45.1 Å². The van der Waals surface area contributed by atoms with Gasteiger partial charge in [-0.1, -0.05) is 0 Å². The fraction of sp³-hybridized carbons (Fsp3) is 0.385. The molecule has 1 atom stereocenters. The van der Waals surface area contributed by atoms with Gasteiger partial charge >= 0.3 is 5.97 Å². The van der Waals surface area contributed by atoms with Crippen molar-refractivity contribution in [1.82, 2.24) is 24.9 Å². The van der Waals surface area contributed by atoms with Crippen molar-refractivity contribution in [1.29, 1.82) is 0 Å². The molecular formula is C13H17N5O3. The number of carbonyl (C=O) groups excluding carboxylic acids is 1. The number of carbonyl (C=O) groups is 2. The fourth-order valence-corrected chi connectivity index (χ4v) is 2.15. The van der Waals surface area contributed by atoms with Crippen LogP contribution in [0.15, 0.2) is 12.4 Å². The van der Waals surface area contributed by atoms with E-state index in [4.69, 9.17) is 5.11 Å². The SMILES string of the molecule is Cc1c(C(C)NC(=O)c2cnn(C)c2C(=O)O)cnn1C. The van der Waals surface area contributed by atoms with Crippen molar-refractivity contribution >= 4 is 11.9 Å². The Morgan fingerprint density at radius 2 is 1.86 bits per heavy atom. The summed E-state index contributed by atoms with van der Waals surface area (Å²) in [5.74, 6) is -1.67. The molecule has 0 saturated carbocycles. The van der Waals surface area contributed by atoms with Gasteiger partial charge in [0.25, 0.3) is 5.91 Å². The molecular weight excluding hydrogens is 274 g/mol. The number of aromatic nitrogens is 4. The highest BCUT2D eigenvalue weighted by Gasteiger charge is 2.23. The first-order valence-corrected chi connectivity index (χ1v) is 6.37. The summed E-state index contributed by atoms with van der Waals surface area (Å²) < 4.78 is 2.88. The minimum atomic E-state index is -1.19. The zero-order valence-electron chi connectivity index (χ0n) is 12.3. The summed E-state index contributed by atoms with van der Waals surface area (Å²) in [5.41, 5.74) is 1.72. The van der Waals surface area contributed by atoms with E-state index >= 15 is 0 Å². The average molecular weight is 291 g/mol. The Bertz CT molecular complexity index is 701. The number of hydrogen-bond donors (Lipinski definition) is 2. The van der Waals surface area contributed by atoms with E-state index in [1.54, 1.807) is 10.9 Å². The second kappa shape index (κ2) is 5.39. The third-order valence-corrected chi connectivity index (χ3v) is 3.47.